The summed E-state index contributed by atoms with van der Waals surface area (Å²) in [5.74, 6) is 1.45. The van der Waals surface area contributed by atoms with Gasteiger partial charge in [0.15, 0.2) is 10.8 Å². The van der Waals surface area contributed by atoms with Gasteiger partial charge in [-0.2, -0.15) is 0 Å². The Kier molecular flexibility index (Phi) is 4.10. The van der Waals surface area contributed by atoms with Crippen molar-refractivity contribution in [1.29, 1.82) is 0 Å². The molecule has 4 rings (SSSR count). The summed E-state index contributed by atoms with van der Waals surface area (Å²) in [6, 6.07) is 18.9. The first-order chi connectivity index (χ1) is 11.7. The van der Waals surface area contributed by atoms with Gasteiger partial charge < -0.3 is 4.42 Å². The molecule has 0 saturated heterocycles. The average molecular weight is 373 g/mol. The Morgan fingerprint density at radius 2 is 1.46 bits per heavy atom. The summed E-state index contributed by atoms with van der Waals surface area (Å²) in [7, 11) is 0. The van der Waals surface area contributed by atoms with Crippen molar-refractivity contribution in [3.05, 3.63) is 70.7 Å². The zero-order valence-corrected chi connectivity index (χ0v) is 14.6. The van der Waals surface area contributed by atoms with E-state index in [-0.39, 0.29) is 0 Å². The van der Waals surface area contributed by atoms with Crippen molar-refractivity contribution in [1.82, 2.24) is 10.2 Å². The first-order valence-corrected chi connectivity index (χ1v) is 8.72. The third-order valence-electron chi connectivity index (χ3n) is 3.44. The molecule has 0 bridgehead atoms. The summed E-state index contributed by atoms with van der Waals surface area (Å²) in [5, 5.41) is 11.4. The molecule has 6 heteroatoms. The number of hydrogen-bond acceptors (Lipinski definition) is 4. The average Bonchev–Trinajstić information content (AvgIpc) is 3.25. The smallest absolute Gasteiger partial charge is 0.183 e. The van der Waals surface area contributed by atoms with Gasteiger partial charge in [0, 0.05) is 21.2 Å². The van der Waals surface area contributed by atoms with E-state index in [4.69, 9.17) is 27.6 Å². The monoisotopic (exact) mass is 372 g/mol. The van der Waals surface area contributed by atoms with Gasteiger partial charge in [-0.25, -0.2) is 0 Å². The number of halogens is 2. The van der Waals surface area contributed by atoms with E-state index in [0.29, 0.717) is 15.8 Å². The molecule has 0 radical (unpaired) electrons. The van der Waals surface area contributed by atoms with Crippen LogP contribution < -0.4 is 0 Å². The van der Waals surface area contributed by atoms with Crippen LogP contribution in [0.3, 0.4) is 0 Å². The molecule has 118 valence electrons. The Morgan fingerprint density at radius 3 is 2.25 bits per heavy atom. The Balaban J connectivity index is 1.65. The van der Waals surface area contributed by atoms with E-state index in [1.165, 1.54) is 11.3 Å². The normalized spacial score (nSPS) is 10.9. The molecular weight excluding hydrogens is 363 g/mol. The van der Waals surface area contributed by atoms with Crippen molar-refractivity contribution in [3.8, 4) is 32.7 Å². The fourth-order valence-corrected chi connectivity index (χ4v) is 3.40. The van der Waals surface area contributed by atoms with Crippen LogP contribution in [0.5, 0.6) is 0 Å². The third kappa shape index (κ3) is 3.08. The maximum absolute atomic E-state index is 6.03. The Morgan fingerprint density at radius 1 is 0.708 bits per heavy atom. The highest BCUT2D eigenvalue weighted by atomic mass is 35.5. The topological polar surface area (TPSA) is 38.9 Å². The molecule has 0 atom stereocenters. The standard InChI is InChI=1S/C18H10Cl2N2OS/c19-13-6-4-11(5-7-13)15-8-9-16(23-15)18-22-21-17(24-18)12-2-1-3-14(20)10-12/h1-10H. The largest absolute Gasteiger partial charge is 0.454 e. The van der Waals surface area contributed by atoms with Gasteiger partial charge in [-0.15, -0.1) is 10.2 Å². The van der Waals surface area contributed by atoms with Gasteiger partial charge in [-0.3, -0.25) is 0 Å². The van der Waals surface area contributed by atoms with E-state index in [2.05, 4.69) is 10.2 Å². The number of benzene rings is 2. The van der Waals surface area contributed by atoms with Crippen molar-refractivity contribution in [2.24, 2.45) is 0 Å². The van der Waals surface area contributed by atoms with Crippen molar-refractivity contribution in [2.45, 2.75) is 0 Å². The highest BCUT2D eigenvalue weighted by Gasteiger charge is 2.13. The maximum atomic E-state index is 6.03. The second kappa shape index (κ2) is 6.40. The van der Waals surface area contributed by atoms with E-state index in [1.54, 1.807) is 0 Å². The molecule has 2 heterocycles. The summed E-state index contributed by atoms with van der Waals surface area (Å²) in [5.41, 5.74) is 1.90. The molecule has 0 aliphatic rings. The molecule has 0 N–H and O–H groups in total. The van der Waals surface area contributed by atoms with Crippen LogP contribution in [0.4, 0.5) is 0 Å². The second-order valence-corrected chi connectivity index (χ2v) is 6.94. The highest BCUT2D eigenvalue weighted by molar-refractivity contribution is 7.17. The molecule has 0 unspecified atom stereocenters. The van der Waals surface area contributed by atoms with E-state index in [0.717, 1.165) is 26.9 Å². The Hall–Kier alpha value is -2.14. The van der Waals surface area contributed by atoms with Crippen LogP contribution >= 0.6 is 34.5 Å². The Labute approximate surface area is 152 Å². The molecule has 0 saturated carbocycles. The van der Waals surface area contributed by atoms with Gasteiger partial charge in [-0.05, 0) is 48.5 Å². The molecule has 24 heavy (non-hydrogen) atoms. The van der Waals surface area contributed by atoms with Crippen LogP contribution in [0.25, 0.3) is 32.7 Å². The van der Waals surface area contributed by atoms with Crippen molar-refractivity contribution >= 4 is 34.5 Å². The van der Waals surface area contributed by atoms with Gasteiger partial charge in [0.25, 0.3) is 0 Å². The summed E-state index contributed by atoms with van der Waals surface area (Å²) in [6.07, 6.45) is 0. The minimum Gasteiger partial charge on any atom is -0.454 e. The number of rotatable bonds is 3. The van der Waals surface area contributed by atoms with Gasteiger partial charge >= 0.3 is 0 Å². The summed E-state index contributed by atoms with van der Waals surface area (Å²) in [4.78, 5) is 0. The van der Waals surface area contributed by atoms with Crippen molar-refractivity contribution in [3.63, 3.8) is 0 Å². The van der Waals surface area contributed by atoms with E-state index < -0.39 is 0 Å². The minimum atomic E-state index is 0.673. The van der Waals surface area contributed by atoms with Crippen LogP contribution in [0.15, 0.2) is 65.1 Å². The fraction of sp³-hybridized carbons (Fsp3) is 0. The van der Waals surface area contributed by atoms with E-state index in [9.17, 15) is 0 Å². The predicted octanol–water partition coefficient (Wildman–Crippen LogP) is 6.44. The molecule has 0 fully saturated rings. The number of nitrogens with zero attached hydrogens (tertiary/aromatic N) is 2. The van der Waals surface area contributed by atoms with E-state index in [1.807, 2.05) is 60.7 Å². The summed E-state index contributed by atoms with van der Waals surface area (Å²) in [6.45, 7) is 0. The van der Waals surface area contributed by atoms with Gasteiger partial charge in [0.1, 0.15) is 10.8 Å². The van der Waals surface area contributed by atoms with Gasteiger partial charge in [0.05, 0.1) is 0 Å². The molecule has 3 nitrogen and oxygen atoms in total. The minimum absolute atomic E-state index is 0.673. The number of furan rings is 1. The molecule has 0 aliphatic carbocycles. The summed E-state index contributed by atoms with van der Waals surface area (Å²) >= 11 is 13.4. The lowest BCUT2D eigenvalue weighted by Crippen LogP contribution is -1.76. The van der Waals surface area contributed by atoms with Gasteiger partial charge in [-0.1, -0.05) is 46.7 Å². The SMILES string of the molecule is Clc1ccc(-c2ccc(-c3nnc(-c4cccc(Cl)c4)s3)o2)cc1. The molecule has 2 aromatic carbocycles. The molecular formula is C18H10Cl2N2OS. The number of hydrogen-bond donors (Lipinski definition) is 0. The lowest BCUT2D eigenvalue weighted by Gasteiger charge is -1.96. The Bertz CT molecular complexity index is 992. The second-order valence-electron chi connectivity index (χ2n) is 5.09. The van der Waals surface area contributed by atoms with Crippen LogP contribution in [-0.2, 0) is 0 Å². The first kappa shape index (κ1) is 15.4. The number of aromatic nitrogens is 2. The molecule has 0 spiro atoms. The van der Waals surface area contributed by atoms with Crippen LogP contribution in [0.1, 0.15) is 0 Å². The van der Waals surface area contributed by atoms with Crippen molar-refractivity contribution in [2.75, 3.05) is 0 Å². The molecule has 2 aromatic heterocycles. The quantitative estimate of drug-likeness (QED) is 0.415. The fourth-order valence-electron chi connectivity index (χ4n) is 2.28. The lowest BCUT2D eigenvalue weighted by atomic mass is 10.2. The predicted molar refractivity (Wildman–Crippen MR) is 98.5 cm³/mol. The summed E-state index contributed by atoms with van der Waals surface area (Å²) < 4.78 is 5.91. The van der Waals surface area contributed by atoms with Crippen LogP contribution in [-0.4, -0.2) is 10.2 Å². The van der Waals surface area contributed by atoms with E-state index >= 15 is 0 Å². The lowest BCUT2D eigenvalue weighted by molar-refractivity contribution is 0.596. The molecule has 4 aromatic rings. The van der Waals surface area contributed by atoms with Crippen molar-refractivity contribution < 1.29 is 4.42 Å². The molecule has 0 aliphatic heterocycles. The third-order valence-corrected chi connectivity index (χ3v) is 4.92. The van der Waals surface area contributed by atoms with Crippen LogP contribution in [0.2, 0.25) is 10.0 Å². The highest BCUT2D eigenvalue weighted by Crippen LogP contribution is 2.34. The maximum Gasteiger partial charge on any atom is 0.183 e. The van der Waals surface area contributed by atoms with Gasteiger partial charge in [0.2, 0.25) is 0 Å². The molecule has 0 amide bonds. The zero-order valence-electron chi connectivity index (χ0n) is 12.2. The van der Waals surface area contributed by atoms with Crippen LogP contribution in [0, 0.1) is 0 Å². The first-order valence-electron chi connectivity index (χ1n) is 7.15. The zero-order chi connectivity index (χ0) is 16.5.